The lowest BCUT2D eigenvalue weighted by atomic mass is 10.1. The molecule has 124 valence electrons. The second kappa shape index (κ2) is 7.73. The van der Waals surface area contributed by atoms with Crippen molar-refractivity contribution < 1.29 is 4.79 Å². The molecule has 1 fully saturated rings. The van der Waals surface area contributed by atoms with Crippen molar-refractivity contribution in [2.45, 2.75) is 26.2 Å². The molecule has 0 saturated carbocycles. The summed E-state index contributed by atoms with van der Waals surface area (Å²) in [5, 5.41) is 4.06. The Morgan fingerprint density at radius 3 is 2.79 bits per heavy atom. The molecule has 1 amide bonds. The first-order valence-corrected chi connectivity index (χ1v) is 8.33. The zero-order valence-corrected chi connectivity index (χ0v) is 13.9. The maximum absolute atomic E-state index is 11.9. The van der Waals surface area contributed by atoms with Gasteiger partial charge in [0.15, 0.2) is 0 Å². The number of carbonyl (C=O) groups excluding carboxylic acids is 1. The number of anilines is 1. The zero-order chi connectivity index (χ0) is 16.8. The lowest BCUT2D eigenvalue weighted by Crippen LogP contribution is -2.29. The molecule has 0 spiro atoms. The lowest BCUT2D eigenvalue weighted by Gasteiger charge is -2.29. The Morgan fingerprint density at radius 2 is 2.08 bits per heavy atom. The van der Waals surface area contributed by atoms with Crippen LogP contribution < -0.4 is 10.3 Å². The number of pyridine rings is 1. The highest BCUT2D eigenvalue weighted by Gasteiger charge is 2.11. The van der Waals surface area contributed by atoms with Gasteiger partial charge in [-0.05, 0) is 61.6 Å². The van der Waals surface area contributed by atoms with E-state index in [0.717, 1.165) is 24.2 Å². The number of amides is 1. The molecule has 0 unspecified atom stereocenters. The van der Waals surface area contributed by atoms with E-state index in [2.05, 4.69) is 45.5 Å². The number of carbonyl (C=O) groups is 1. The predicted molar refractivity (Wildman–Crippen MR) is 96.5 cm³/mol. The molecule has 5 heteroatoms. The van der Waals surface area contributed by atoms with Crippen LogP contribution >= 0.6 is 0 Å². The van der Waals surface area contributed by atoms with Crippen molar-refractivity contribution in [2.75, 3.05) is 18.0 Å². The van der Waals surface area contributed by atoms with Crippen molar-refractivity contribution in [3.63, 3.8) is 0 Å². The second-order valence-electron chi connectivity index (χ2n) is 6.03. The number of hydrogen-bond acceptors (Lipinski definition) is 4. The van der Waals surface area contributed by atoms with Crippen LogP contribution in [0.2, 0.25) is 0 Å². The van der Waals surface area contributed by atoms with Gasteiger partial charge >= 0.3 is 0 Å². The van der Waals surface area contributed by atoms with Gasteiger partial charge in [-0.15, -0.1) is 0 Å². The predicted octanol–water partition coefficient (Wildman–Crippen LogP) is 3.14. The van der Waals surface area contributed by atoms with Crippen molar-refractivity contribution in [3.8, 4) is 0 Å². The van der Waals surface area contributed by atoms with Crippen LogP contribution in [0.5, 0.6) is 0 Å². The number of hydrogen-bond donors (Lipinski definition) is 1. The molecule has 0 aliphatic carbocycles. The topological polar surface area (TPSA) is 57.6 Å². The van der Waals surface area contributed by atoms with Crippen molar-refractivity contribution in [3.05, 3.63) is 59.4 Å². The van der Waals surface area contributed by atoms with Gasteiger partial charge < -0.3 is 4.90 Å². The van der Waals surface area contributed by atoms with Crippen molar-refractivity contribution in [1.82, 2.24) is 10.4 Å². The smallest absolute Gasteiger partial charge is 0.272 e. The third-order valence-electron chi connectivity index (χ3n) is 4.27. The van der Waals surface area contributed by atoms with Gasteiger partial charge in [0.2, 0.25) is 0 Å². The molecule has 1 aromatic heterocycles. The highest BCUT2D eigenvalue weighted by Crippen LogP contribution is 2.22. The molecule has 2 aromatic rings. The molecule has 5 nitrogen and oxygen atoms in total. The number of hydrazone groups is 1. The molecule has 1 saturated heterocycles. The molecule has 1 aliphatic rings. The Balaban J connectivity index is 1.63. The highest BCUT2D eigenvalue weighted by atomic mass is 16.2. The first kappa shape index (κ1) is 16.2. The molecule has 0 radical (unpaired) electrons. The number of nitrogens with one attached hydrogen (secondary N) is 1. The van der Waals surface area contributed by atoms with Crippen molar-refractivity contribution >= 4 is 17.8 Å². The van der Waals surface area contributed by atoms with E-state index in [1.165, 1.54) is 31.1 Å². The maximum Gasteiger partial charge on any atom is 0.272 e. The number of benzene rings is 1. The van der Waals surface area contributed by atoms with Gasteiger partial charge in [0.1, 0.15) is 0 Å². The number of aromatic nitrogens is 1. The van der Waals surface area contributed by atoms with Gasteiger partial charge in [0.25, 0.3) is 5.91 Å². The van der Waals surface area contributed by atoms with E-state index >= 15 is 0 Å². The van der Waals surface area contributed by atoms with Gasteiger partial charge in [-0.1, -0.05) is 6.07 Å². The Labute approximate surface area is 142 Å². The monoisotopic (exact) mass is 322 g/mol. The normalized spacial score (nSPS) is 14.8. The Kier molecular flexibility index (Phi) is 5.21. The zero-order valence-electron chi connectivity index (χ0n) is 13.9. The minimum atomic E-state index is -0.262. The fourth-order valence-corrected chi connectivity index (χ4v) is 2.88. The van der Waals surface area contributed by atoms with E-state index < -0.39 is 0 Å². The standard InChI is InChI=1S/C19H22N4O/c1-15-12-18(23-10-3-2-4-11-23)8-7-16(15)14-21-22-19(24)17-6-5-9-20-13-17/h5-9,12-14H,2-4,10-11H2,1H3,(H,22,24)/b21-14+. The molecular formula is C19H22N4O. The summed E-state index contributed by atoms with van der Waals surface area (Å²) in [6, 6.07) is 9.80. The fourth-order valence-electron chi connectivity index (χ4n) is 2.88. The molecular weight excluding hydrogens is 300 g/mol. The van der Waals surface area contributed by atoms with Crippen LogP contribution in [0.4, 0.5) is 5.69 Å². The number of nitrogens with zero attached hydrogens (tertiary/aromatic N) is 3. The van der Waals surface area contributed by atoms with Gasteiger partial charge in [0.05, 0.1) is 11.8 Å². The summed E-state index contributed by atoms with van der Waals surface area (Å²) in [5.74, 6) is -0.262. The minimum Gasteiger partial charge on any atom is -0.372 e. The van der Waals surface area contributed by atoms with E-state index in [1.54, 1.807) is 24.5 Å². The van der Waals surface area contributed by atoms with Crippen LogP contribution in [0, 0.1) is 6.92 Å². The molecule has 1 aliphatic heterocycles. The van der Waals surface area contributed by atoms with Crippen LogP contribution in [-0.2, 0) is 0 Å². The fraction of sp³-hybridized carbons (Fsp3) is 0.316. The van der Waals surface area contributed by atoms with Crippen LogP contribution in [0.25, 0.3) is 0 Å². The first-order chi connectivity index (χ1) is 11.7. The Hall–Kier alpha value is -2.69. The van der Waals surface area contributed by atoms with Gasteiger partial charge in [-0.2, -0.15) is 5.10 Å². The second-order valence-corrected chi connectivity index (χ2v) is 6.03. The molecule has 24 heavy (non-hydrogen) atoms. The summed E-state index contributed by atoms with van der Waals surface area (Å²) in [5.41, 5.74) is 6.45. The largest absolute Gasteiger partial charge is 0.372 e. The van der Waals surface area contributed by atoms with E-state index in [0.29, 0.717) is 5.56 Å². The summed E-state index contributed by atoms with van der Waals surface area (Å²) in [4.78, 5) is 18.3. The number of piperidine rings is 1. The molecule has 0 atom stereocenters. The van der Waals surface area contributed by atoms with Gasteiger partial charge in [0, 0.05) is 31.2 Å². The summed E-state index contributed by atoms with van der Waals surface area (Å²) in [6.45, 7) is 4.33. The molecule has 1 aromatic carbocycles. The third kappa shape index (κ3) is 3.98. The third-order valence-corrected chi connectivity index (χ3v) is 4.27. The van der Waals surface area contributed by atoms with E-state index in [4.69, 9.17) is 0 Å². The Morgan fingerprint density at radius 1 is 1.25 bits per heavy atom. The summed E-state index contributed by atoms with van der Waals surface area (Å²) in [6.07, 6.45) is 8.70. The summed E-state index contributed by atoms with van der Waals surface area (Å²) < 4.78 is 0. The van der Waals surface area contributed by atoms with Crippen LogP contribution in [0.3, 0.4) is 0 Å². The summed E-state index contributed by atoms with van der Waals surface area (Å²) in [7, 11) is 0. The van der Waals surface area contributed by atoms with E-state index in [1.807, 2.05) is 0 Å². The van der Waals surface area contributed by atoms with E-state index in [-0.39, 0.29) is 5.91 Å². The molecule has 1 N–H and O–H groups in total. The average molecular weight is 322 g/mol. The SMILES string of the molecule is Cc1cc(N2CCCCC2)ccc1/C=N/NC(=O)c1cccnc1. The van der Waals surface area contributed by atoms with Crippen LogP contribution in [0.15, 0.2) is 47.8 Å². The van der Waals surface area contributed by atoms with E-state index in [9.17, 15) is 4.79 Å². The quantitative estimate of drug-likeness (QED) is 0.695. The number of rotatable bonds is 4. The van der Waals surface area contributed by atoms with Gasteiger partial charge in [-0.25, -0.2) is 5.43 Å². The molecule has 3 rings (SSSR count). The van der Waals surface area contributed by atoms with Crippen LogP contribution in [0.1, 0.15) is 40.7 Å². The Bertz CT molecular complexity index is 721. The van der Waals surface area contributed by atoms with Gasteiger partial charge in [-0.3, -0.25) is 9.78 Å². The first-order valence-electron chi connectivity index (χ1n) is 8.33. The maximum atomic E-state index is 11.9. The van der Waals surface area contributed by atoms with Crippen molar-refractivity contribution in [1.29, 1.82) is 0 Å². The van der Waals surface area contributed by atoms with Crippen molar-refractivity contribution in [2.24, 2.45) is 5.10 Å². The number of aryl methyl sites for hydroxylation is 1. The van der Waals surface area contributed by atoms with Crippen LogP contribution in [-0.4, -0.2) is 30.2 Å². The molecule has 2 heterocycles. The minimum absolute atomic E-state index is 0.262. The highest BCUT2D eigenvalue weighted by molar-refractivity contribution is 5.94. The average Bonchev–Trinajstić information content (AvgIpc) is 2.64. The summed E-state index contributed by atoms with van der Waals surface area (Å²) >= 11 is 0. The lowest BCUT2D eigenvalue weighted by molar-refractivity contribution is 0.0955. The molecule has 0 bridgehead atoms.